The SMILES string of the molecule is CC[C@H](NC(=O)c1cc(COc2cccc3cnccc23)on1)c1ccc(C)cc1. The van der Waals surface area contributed by atoms with E-state index in [0.717, 1.165) is 28.5 Å². The summed E-state index contributed by atoms with van der Waals surface area (Å²) >= 11 is 0. The van der Waals surface area contributed by atoms with Gasteiger partial charge >= 0.3 is 0 Å². The number of amides is 1. The molecule has 4 rings (SSSR count). The van der Waals surface area contributed by atoms with Gasteiger partial charge in [-0.2, -0.15) is 0 Å². The molecule has 4 aromatic rings. The fraction of sp³-hybridized carbons (Fsp3) is 0.208. The maximum atomic E-state index is 12.6. The van der Waals surface area contributed by atoms with Gasteiger partial charge in [-0.1, -0.05) is 54.0 Å². The molecule has 1 atom stereocenters. The first kappa shape index (κ1) is 19.6. The lowest BCUT2D eigenvalue weighted by molar-refractivity contribution is 0.0926. The van der Waals surface area contributed by atoms with Crippen LogP contribution >= 0.6 is 0 Å². The molecule has 2 aromatic heterocycles. The lowest BCUT2D eigenvalue weighted by atomic mass is 10.0. The Morgan fingerprint density at radius 1 is 1.17 bits per heavy atom. The average molecular weight is 401 g/mol. The number of benzene rings is 2. The Labute approximate surface area is 174 Å². The van der Waals surface area contributed by atoms with E-state index < -0.39 is 0 Å². The third-order valence-electron chi connectivity index (χ3n) is 5.00. The van der Waals surface area contributed by atoms with Crippen LogP contribution in [0.2, 0.25) is 0 Å². The average Bonchev–Trinajstić information content (AvgIpc) is 3.26. The fourth-order valence-corrected chi connectivity index (χ4v) is 3.31. The third kappa shape index (κ3) is 4.33. The van der Waals surface area contributed by atoms with Crippen LogP contribution in [0.25, 0.3) is 10.8 Å². The van der Waals surface area contributed by atoms with Crippen molar-refractivity contribution in [1.29, 1.82) is 0 Å². The minimum absolute atomic E-state index is 0.0845. The van der Waals surface area contributed by atoms with Gasteiger partial charge in [0.25, 0.3) is 5.91 Å². The summed E-state index contributed by atoms with van der Waals surface area (Å²) in [6.45, 7) is 4.25. The second-order valence-electron chi connectivity index (χ2n) is 7.17. The van der Waals surface area contributed by atoms with Crippen molar-refractivity contribution in [2.45, 2.75) is 32.9 Å². The molecule has 6 heteroatoms. The van der Waals surface area contributed by atoms with Crippen molar-refractivity contribution < 1.29 is 14.1 Å². The molecule has 0 aliphatic carbocycles. The highest BCUT2D eigenvalue weighted by Gasteiger charge is 2.18. The molecule has 0 fully saturated rings. The minimum Gasteiger partial charge on any atom is -0.485 e. The molecule has 0 bridgehead atoms. The summed E-state index contributed by atoms with van der Waals surface area (Å²) in [4.78, 5) is 16.8. The van der Waals surface area contributed by atoms with Crippen LogP contribution in [0.1, 0.15) is 46.8 Å². The Morgan fingerprint density at radius 2 is 2.00 bits per heavy atom. The number of pyridine rings is 1. The van der Waals surface area contributed by atoms with Gasteiger partial charge in [0.1, 0.15) is 12.4 Å². The predicted octanol–water partition coefficient (Wildman–Crippen LogP) is 4.99. The van der Waals surface area contributed by atoms with Crippen LogP contribution in [0.3, 0.4) is 0 Å². The van der Waals surface area contributed by atoms with E-state index in [1.807, 2.05) is 62.4 Å². The lowest BCUT2D eigenvalue weighted by Crippen LogP contribution is -2.28. The largest absolute Gasteiger partial charge is 0.485 e. The van der Waals surface area contributed by atoms with Gasteiger partial charge < -0.3 is 14.6 Å². The van der Waals surface area contributed by atoms with Gasteiger partial charge in [-0.3, -0.25) is 9.78 Å². The van der Waals surface area contributed by atoms with Crippen molar-refractivity contribution in [1.82, 2.24) is 15.5 Å². The molecule has 152 valence electrons. The number of hydrogen-bond donors (Lipinski definition) is 1. The zero-order chi connectivity index (χ0) is 20.9. The van der Waals surface area contributed by atoms with Crippen LogP contribution in [-0.4, -0.2) is 16.0 Å². The zero-order valence-electron chi connectivity index (χ0n) is 17.0. The van der Waals surface area contributed by atoms with Gasteiger partial charge in [0.15, 0.2) is 11.5 Å². The number of fused-ring (bicyclic) bond motifs is 1. The van der Waals surface area contributed by atoms with Crippen LogP contribution < -0.4 is 10.1 Å². The molecule has 0 unspecified atom stereocenters. The number of nitrogens with zero attached hydrogens (tertiary/aromatic N) is 2. The zero-order valence-corrected chi connectivity index (χ0v) is 17.0. The van der Waals surface area contributed by atoms with Gasteiger partial charge in [0, 0.05) is 29.2 Å². The van der Waals surface area contributed by atoms with Crippen LogP contribution in [0, 0.1) is 6.92 Å². The first-order valence-corrected chi connectivity index (χ1v) is 9.92. The molecule has 0 aliphatic heterocycles. The normalized spacial score (nSPS) is 11.9. The van der Waals surface area contributed by atoms with Gasteiger partial charge in [0.2, 0.25) is 0 Å². The molecule has 0 spiro atoms. The number of aromatic nitrogens is 2. The highest BCUT2D eigenvalue weighted by molar-refractivity contribution is 5.92. The van der Waals surface area contributed by atoms with Gasteiger partial charge in [-0.25, -0.2) is 0 Å². The standard InChI is InChI=1S/C24H23N3O3/c1-3-21(17-9-7-16(2)8-10-17)26-24(28)22-13-19(30-27-22)15-29-23-6-4-5-18-14-25-12-11-20(18)23/h4-14,21H,3,15H2,1-2H3,(H,26,28)/t21-/m0/s1. The topological polar surface area (TPSA) is 77.2 Å². The molecular weight excluding hydrogens is 378 g/mol. The number of nitrogens with one attached hydrogen (secondary N) is 1. The van der Waals surface area contributed by atoms with Crippen molar-refractivity contribution in [3.8, 4) is 5.75 Å². The number of carbonyl (C=O) groups excluding carboxylic acids is 1. The molecule has 0 radical (unpaired) electrons. The summed E-state index contributed by atoms with van der Waals surface area (Å²) in [7, 11) is 0. The van der Waals surface area contributed by atoms with Gasteiger partial charge in [-0.05, 0) is 31.0 Å². The van der Waals surface area contributed by atoms with Crippen molar-refractivity contribution >= 4 is 16.7 Å². The summed E-state index contributed by atoms with van der Waals surface area (Å²) in [5.74, 6) is 0.936. The van der Waals surface area contributed by atoms with Crippen molar-refractivity contribution in [2.24, 2.45) is 0 Å². The molecule has 6 nitrogen and oxygen atoms in total. The number of hydrogen-bond acceptors (Lipinski definition) is 5. The van der Waals surface area contributed by atoms with Crippen LogP contribution in [-0.2, 0) is 6.61 Å². The quantitative estimate of drug-likeness (QED) is 0.472. The number of ether oxygens (including phenoxy) is 1. The Kier molecular flexibility index (Phi) is 5.75. The van der Waals surface area contributed by atoms with E-state index in [9.17, 15) is 4.79 Å². The molecule has 0 saturated heterocycles. The Bertz CT molecular complexity index is 1150. The second kappa shape index (κ2) is 8.78. The predicted molar refractivity (Wildman–Crippen MR) is 114 cm³/mol. The van der Waals surface area contributed by atoms with E-state index in [2.05, 4.69) is 15.5 Å². The summed E-state index contributed by atoms with van der Waals surface area (Å²) in [6.07, 6.45) is 4.29. The van der Waals surface area contributed by atoms with Gasteiger partial charge in [-0.15, -0.1) is 0 Å². The van der Waals surface area contributed by atoms with E-state index >= 15 is 0 Å². The Balaban J connectivity index is 1.41. The van der Waals surface area contributed by atoms with Gasteiger partial charge in [0.05, 0.1) is 6.04 Å². The Morgan fingerprint density at radius 3 is 2.80 bits per heavy atom. The molecular formula is C24H23N3O3. The molecule has 30 heavy (non-hydrogen) atoms. The van der Waals surface area contributed by atoms with E-state index in [1.54, 1.807) is 18.5 Å². The monoisotopic (exact) mass is 401 g/mol. The van der Waals surface area contributed by atoms with E-state index in [-0.39, 0.29) is 24.2 Å². The first-order valence-electron chi connectivity index (χ1n) is 9.92. The molecule has 2 heterocycles. The second-order valence-corrected chi connectivity index (χ2v) is 7.17. The highest BCUT2D eigenvalue weighted by atomic mass is 16.5. The third-order valence-corrected chi connectivity index (χ3v) is 5.00. The molecule has 2 aromatic carbocycles. The van der Waals surface area contributed by atoms with Crippen molar-refractivity contribution in [2.75, 3.05) is 0 Å². The number of rotatable bonds is 7. The fourth-order valence-electron chi connectivity index (χ4n) is 3.31. The lowest BCUT2D eigenvalue weighted by Gasteiger charge is -2.16. The van der Waals surface area contributed by atoms with Crippen LogP contribution in [0.4, 0.5) is 0 Å². The maximum absolute atomic E-state index is 12.6. The highest BCUT2D eigenvalue weighted by Crippen LogP contribution is 2.25. The van der Waals surface area contributed by atoms with Crippen molar-refractivity contribution in [3.63, 3.8) is 0 Å². The summed E-state index contributed by atoms with van der Waals surface area (Å²) in [5, 5.41) is 8.89. The minimum atomic E-state index is -0.270. The van der Waals surface area contributed by atoms with E-state index in [4.69, 9.17) is 9.26 Å². The molecule has 1 amide bonds. The van der Waals surface area contributed by atoms with Crippen LogP contribution in [0.5, 0.6) is 5.75 Å². The van der Waals surface area contributed by atoms with E-state index in [0.29, 0.717) is 5.76 Å². The molecule has 0 aliphatic rings. The molecule has 0 saturated carbocycles. The maximum Gasteiger partial charge on any atom is 0.273 e. The number of carbonyl (C=O) groups is 1. The first-order chi connectivity index (χ1) is 14.6. The Hall–Kier alpha value is -3.67. The van der Waals surface area contributed by atoms with E-state index in [1.165, 1.54) is 5.56 Å². The van der Waals surface area contributed by atoms with Crippen molar-refractivity contribution in [3.05, 3.63) is 89.6 Å². The molecule has 1 N–H and O–H groups in total. The number of aryl methyl sites for hydroxylation is 1. The van der Waals surface area contributed by atoms with Crippen LogP contribution in [0.15, 0.2) is 71.5 Å². The summed E-state index contributed by atoms with van der Waals surface area (Å²) in [6, 6.07) is 17.4. The summed E-state index contributed by atoms with van der Waals surface area (Å²) < 4.78 is 11.2. The smallest absolute Gasteiger partial charge is 0.273 e. The summed E-state index contributed by atoms with van der Waals surface area (Å²) in [5.41, 5.74) is 2.48.